The van der Waals surface area contributed by atoms with Crippen LogP contribution in [-0.2, 0) is 4.74 Å². The first-order chi connectivity index (χ1) is 13.0. The highest BCUT2D eigenvalue weighted by Crippen LogP contribution is 2.29. The molecule has 0 aliphatic carbocycles. The van der Waals surface area contributed by atoms with Crippen LogP contribution in [0.15, 0.2) is 18.2 Å². The van der Waals surface area contributed by atoms with Gasteiger partial charge in [-0.2, -0.15) is 0 Å². The summed E-state index contributed by atoms with van der Waals surface area (Å²) in [6.07, 6.45) is 2.13. The van der Waals surface area contributed by atoms with E-state index in [0.717, 1.165) is 64.5 Å². The fraction of sp³-hybridized carbons (Fsp3) is 0.632. The number of amides is 1. The summed E-state index contributed by atoms with van der Waals surface area (Å²) in [5.41, 5.74) is 1.12. The number of carbonyl (C=O) groups excluding carboxylic acids is 1. The van der Waals surface area contributed by atoms with Gasteiger partial charge in [-0.3, -0.25) is 19.8 Å². The number of nitrogens with one attached hydrogen (secondary N) is 1. The molecular weight excluding hydrogens is 348 g/mol. The highest BCUT2D eigenvalue weighted by Gasteiger charge is 2.23. The molecule has 1 amide bonds. The van der Waals surface area contributed by atoms with E-state index in [4.69, 9.17) is 4.74 Å². The first-order valence-corrected chi connectivity index (χ1v) is 9.66. The Bertz CT molecular complexity index is 668. The van der Waals surface area contributed by atoms with Gasteiger partial charge >= 0.3 is 0 Å². The van der Waals surface area contributed by atoms with E-state index >= 15 is 0 Å². The lowest BCUT2D eigenvalue weighted by molar-refractivity contribution is -0.384. The molecule has 0 aromatic heterocycles. The molecule has 3 rings (SSSR count). The molecular formula is C19H28N4O4. The van der Waals surface area contributed by atoms with Crippen LogP contribution in [0.2, 0.25) is 0 Å². The number of piperidine rings is 1. The van der Waals surface area contributed by atoms with Crippen molar-refractivity contribution in [3.63, 3.8) is 0 Å². The van der Waals surface area contributed by atoms with E-state index in [2.05, 4.69) is 22.0 Å². The lowest BCUT2D eigenvalue weighted by atomic mass is 9.98. The van der Waals surface area contributed by atoms with Gasteiger partial charge in [0, 0.05) is 51.4 Å². The van der Waals surface area contributed by atoms with Gasteiger partial charge in [-0.1, -0.05) is 6.92 Å². The average Bonchev–Trinajstić information content (AvgIpc) is 2.69. The number of hydrogen-bond donors (Lipinski definition) is 1. The van der Waals surface area contributed by atoms with Crippen molar-refractivity contribution in [3.05, 3.63) is 33.9 Å². The monoisotopic (exact) mass is 376 g/mol. The maximum absolute atomic E-state index is 12.8. The van der Waals surface area contributed by atoms with E-state index in [9.17, 15) is 14.9 Å². The minimum absolute atomic E-state index is 0.0533. The summed E-state index contributed by atoms with van der Waals surface area (Å²) in [5.74, 6) is 0.422. The molecule has 0 unspecified atom stereocenters. The van der Waals surface area contributed by atoms with Crippen LogP contribution in [0.5, 0.6) is 0 Å². The summed E-state index contributed by atoms with van der Waals surface area (Å²) in [6, 6.07) is 4.60. The molecule has 0 spiro atoms. The molecule has 1 N–H and O–H groups in total. The summed E-state index contributed by atoms with van der Waals surface area (Å²) in [7, 11) is 0. The van der Waals surface area contributed by atoms with Crippen molar-refractivity contribution in [2.75, 3.05) is 57.4 Å². The number of nitro groups is 1. The third-order valence-corrected chi connectivity index (χ3v) is 5.38. The number of nitro benzene ring substituents is 1. The van der Waals surface area contributed by atoms with E-state index in [1.807, 2.05) is 0 Å². The van der Waals surface area contributed by atoms with Gasteiger partial charge in [0.05, 0.1) is 29.4 Å². The minimum atomic E-state index is -0.452. The molecule has 27 heavy (non-hydrogen) atoms. The van der Waals surface area contributed by atoms with Gasteiger partial charge in [0.2, 0.25) is 0 Å². The minimum Gasteiger partial charge on any atom is -0.379 e. The zero-order valence-electron chi connectivity index (χ0n) is 15.9. The smallest absolute Gasteiger partial charge is 0.270 e. The Balaban J connectivity index is 1.69. The van der Waals surface area contributed by atoms with Gasteiger partial charge in [0.25, 0.3) is 11.6 Å². The Morgan fingerprint density at radius 2 is 1.96 bits per heavy atom. The van der Waals surface area contributed by atoms with Crippen LogP contribution >= 0.6 is 0 Å². The third-order valence-electron chi connectivity index (χ3n) is 5.38. The highest BCUT2D eigenvalue weighted by atomic mass is 16.6. The molecule has 8 nitrogen and oxygen atoms in total. The lowest BCUT2D eigenvalue weighted by Gasteiger charge is -2.33. The molecule has 0 bridgehead atoms. The molecule has 2 aliphatic rings. The SMILES string of the molecule is CC1CCN(c2ccc([N+](=O)[O-])cc2C(=O)NCCN2CCOCC2)CC1. The van der Waals surface area contributed by atoms with Crippen LogP contribution in [0.4, 0.5) is 11.4 Å². The normalized spacial score (nSPS) is 19.1. The largest absolute Gasteiger partial charge is 0.379 e. The van der Waals surface area contributed by atoms with Crippen LogP contribution in [0.25, 0.3) is 0 Å². The van der Waals surface area contributed by atoms with Crippen molar-refractivity contribution in [3.8, 4) is 0 Å². The second kappa shape index (κ2) is 9.14. The van der Waals surface area contributed by atoms with Crippen LogP contribution in [-0.4, -0.2) is 68.2 Å². The van der Waals surface area contributed by atoms with Crippen molar-refractivity contribution in [2.45, 2.75) is 19.8 Å². The zero-order chi connectivity index (χ0) is 19.2. The molecule has 2 heterocycles. The van der Waals surface area contributed by atoms with Gasteiger partial charge in [0.15, 0.2) is 0 Å². The maximum atomic E-state index is 12.8. The quantitative estimate of drug-likeness (QED) is 0.603. The Morgan fingerprint density at radius 3 is 2.63 bits per heavy atom. The number of nitrogens with zero attached hydrogens (tertiary/aromatic N) is 3. The highest BCUT2D eigenvalue weighted by molar-refractivity contribution is 6.00. The van der Waals surface area contributed by atoms with E-state index in [1.165, 1.54) is 12.1 Å². The third kappa shape index (κ3) is 5.17. The molecule has 2 saturated heterocycles. The Labute approximate surface area is 159 Å². The predicted molar refractivity (Wildman–Crippen MR) is 103 cm³/mol. The van der Waals surface area contributed by atoms with Crippen LogP contribution in [0.3, 0.4) is 0 Å². The second-order valence-electron chi connectivity index (χ2n) is 7.34. The fourth-order valence-electron chi connectivity index (χ4n) is 3.59. The number of rotatable bonds is 6. The number of carbonyl (C=O) groups is 1. The van der Waals surface area contributed by atoms with E-state index in [1.54, 1.807) is 6.07 Å². The molecule has 1 aromatic rings. The predicted octanol–water partition coefficient (Wildman–Crippen LogP) is 1.89. The van der Waals surface area contributed by atoms with Gasteiger partial charge in [-0.15, -0.1) is 0 Å². The van der Waals surface area contributed by atoms with Crippen molar-refractivity contribution in [1.82, 2.24) is 10.2 Å². The van der Waals surface area contributed by atoms with Crippen LogP contribution in [0, 0.1) is 16.0 Å². The molecule has 0 saturated carbocycles. The molecule has 2 fully saturated rings. The number of benzene rings is 1. The van der Waals surface area contributed by atoms with Gasteiger partial charge in [-0.05, 0) is 24.8 Å². The maximum Gasteiger partial charge on any atom is 0.270 e. The Hall–Kier alpha value is -2.19. The Kier molecular flexibility index (Phi) is 6.63. The number of hydrogen-bond acceptors (Lipinski definition) is 6. The van der Waals surface area contributed by atoms with Gasteiger partial charge < -0.3 is 15.0 Å². The van der Waals surface area contributed by atoms with Crippen molar-refractivity contribution >= 4 is 17.3 Å². The number of ether oxygens (including phenoxy) is 1. The Morgan fingerprint density at radius 1 is 1.26 bits per heavy atom. The topological polar surface area (TPSA) is 87.9 Å². The van der Waals surface area contributed by atoms with Crippen molar-refractivity contribution in [1.29, 1.82) is 0 Å². The zero-order valence-corrected chi connectivity index (χ0v) is 15.9. The molecule has 1 aromatic carbocycles. The number of anilines is 1. The second-order valence-corrected chi connectivity index (χ2v) is 7.34. The van der Waals surface area contributed by atoms with E-state index in [0.29, 0.717) is 18.0 Å². The average molecular weight is 376 g/mol. The molecule has 8 heteroatoms. The first-order valence-electron chi connectivity index (χ1n) is 9.66. The standard InChI is InChI=1S/C19H28N4O4/c1-15-4-7-22(8-5-15)18-3-2-16(23(25)26)14-17(18)19(24)20-6-9-21-10-12-27-13-11-21/h2-3,14-15H,4-13H2,1H3,(H,20,24). The summed E-state index contributed by atoms with van der Waals surface area (Å²) in [4.78, 5) is 27.9. The van der Waals surface area contributed by atoms with Crippen LogP contribution in [0.1, 0.15) is 30.1 Å². The molecule has 148 valence electrons. The molecule has 2 aliphatic heterocycles. The first kappa shape index (κ1) is 19.6. The summed E-state index contributed by atoms with van der Waals surface area (Å²) in [6.45, 7) is 8.39. The van der Waals surface area contributed by atoms with E-state index in [-0.39, 0.29) is 11.6 Å². The number of non-ortho nitro benzene ring substituents is 1. The van der Waals surface area contributed by atoms with Gasteiger partial charge in [0.1, 0.15) is 0 Å². The van der Waals surface area contributed by atoms with Crippen molar-refractivity contribution in [2.24, 2.45) is 5.92 Å². The molecule has 0 radical (unpaired) electrons. The fourth-order valence-corrected chi connectivity index (χ4v) is 3.59. The summed E-state index contributed by atoms with van der Waals surface area (Å²) < 4.78 is 5.32. The van der Waals surface area contributed by atoms with E-state index < -0.39 is 4.92 Å². The number of morpholine rings is 1. The van der Waals surface area contributed by atoms with Crippen molar-refractivity contribution < 1.29 is 14.5 Å². The summed E-state index contributed by atoms with van der Waals surface area (Å²) >= 11 is 0. The van der Waals surface area contributed by atoms with Crippen LogP contribution < -0.4 is 10.2 Å². The van der Waals surface area contributed by atoms with Gasteiger partial charge in [-0.25, -0.2) is 0 Å². The molecule has 0 atom stereocenters. The summed E-state index contributed by atoms with van der Waals surface area (Å²) in [5, 5.41) is 14.1. The lowest BCUT2D eigenvalue weighted by Crippen LogP contribution is -2.41.